The molecule has 0 aliphatic carbocycles. The van der Waals surface area contributed by atoms with Crippen molar-refractivity contribution >= 4 is 23.5 Å². The molecular weight excluding hydrogens is 347 g/mol. The highest BCUT2D eigenvalue weighted by molar-refractivity contribution is 6.31. The average Bonchev–Trinajstić information content (AvgIpc) is 3.18. The largest absolute Gasteiger partial charge is 0.291 e. The number of carbonyl (C=O) groups excluding carboxylic acids is 1. The minimum Gasteiger partial charge on any atom is -0.291 e. The molecule has 0 bridgehead atoms. The second-order valence-corrected chi connectivity index (χ2v) is 6.01. The summed E-state index contributed by atoms with van der Waals surface area (Å²) in [6, 6.07) is 5.48. The SMILES string of the molecule is Cc1ccn(C(C)C(=O)Nc2ncn(Cc3ccc(F)cc3Cl)n2)n1. The van der Waals surface area contributed by atoms with E-state index in [1.165, 1.54) is 23.1 Å². The summed E-state index contributed by atoms with van der Waals surface area (Å²) < 4.78 is 16.2. The van der Waals surface area contributed by atoms with Gasteiger partial charge in [-0.1, -0.05) is 17.7 Å². The lowest BCUT2D eigenvalue weighted by atomic mass is 10.2. The van der Waals surface area contributed by atoms with E-state index in [4.69, 9.17) is 11.6 Å². The van der Waals surface area contributed by atoms with Crippen LogP contribution in [0.1, 0.15) is 24.2 Å². The van der Waals surface area contributed by atoms with Gasteiger partial charge in [-0.3, -0.25) is 14.8 Å². The van der Waals surface area contributed by atoms with Gasteiger partial charge < -0.3 is 0 Å². The van der Waals surface area contributed by atoms with Crippen LogP contribution >= 0.6 is 11.6 Å². The number of nitrogens with one attached hydrogen (secondary N) is 1. The Labute approximate surface area is 148 Å². The van der Waals surface area contributed by atoms with Crippen molar-refractivity contribution in [1.82, 2.24) is 24.5 Å². The summed E-state index contributed by atoms with van der Waals surface area (Å²) in [6.45, 7) is 3.90. The molecule has 3 rings (SSSR count). The molecule has 0 aliphatic heterocycles. The van der Waals surface area contributed by atoms with Crippen LogP contribution in [0.3, 0.4) is 0 Å². The van der Waals surface area contributed by atoms with Crippen LogP contribution in [0.15, 0.2) is 36.8 Å². The van der Waals surface area contributed by atoms with Crippen molar-refractivity contribution in [2.45, 2.75) is 26.4 Å². The zero-order valence-electron chi connectivity index (χ0n) is 13.6. The van der Waals surface area contributed by atoms with Gasteiger partial charge in [-0.05, 0) is 37.6 Å². The number of rotatable bonds is 5. The van der Waals surface area contributed by atoms with E-state index in [-0.39, 0.29) is 11.9 Å². The van der Waals surface area contributed by atoms with Crippen molar-refractivity contribution in [2.75, 3.05) is 5.32 Å². The van der Waals surface area contributed by atoms with Crippen LogP contribution in [0.2, 0.25) is 5.02 Å². The Morgan fingerprint density at radius 2 is 2.16 bits per heavy atom. The first-order valence-electron chi connectivity index (χ1n) is 7.58. The topological polar surface area (TPSA) is 77.6 Å². The molecule has 9 heteroatoms. The number of benzene rings is 1. The smallest absolute Gasteiger partial charge is 0.251 e. The van der Waals surface area contributed by atoms with E-state index in [2.05, 4.69) is 20.5 Å². The second kappa shape index (κ2) is 7.02. The van der Waals surface area contributed by atoms with E-state index in [9.17, 15) is 9.18 Å². The van der Waals surface area contributed by atoms with Crippen molar-refractivity contribution in [3.8, 4) is 0 Å². The molecule has 0 radical (unpaired) electrons. The molecule has 1 N–H and O–H groups in total. The molecule has 1 amide bonds. The van der Waals surface area contributed by atoms with Crippen molar-refractivity contribution in [2.24, 2.45) is 0 Å². The number of hydrogen-bond acceptors (Lipinski definition) is 4. The van der Waals surface area contributed by atoms with Gasteiger partial charge in [0.15, 0.2) is 0 Å². The minimum absolute atomic E-state index is 0.180. The number of amides is 1. The fraction of sp³-hybridized carbons (Fsp3) is 0.250. The average molecular weight is 363 g/mol. The molecule has 0 aliphatic rings. The zero-order chi connectivity index (χ0) is 18.0. The number of halogens is 2. The quantitative estimate of drug-likeness (QED) is 0.757. The molecule has 2 heterocycles. The van der Waals surface area contributed by atoms with Gasteiger partial charge in [0.05, 0.1) is 12.2 Å². The number of nitrogens with zero attached hydrogens (tertiary/aromatic N) is 5. The highest BCUT2D eigenvalue weighted by atomic mass is 35.5. The number of anilines is 1. The van der Waals surface area contributed by atoms with Gasteiger partial charge in [-0.25, -0.2) is 14.1 Å². The van der Waals surface area contributed by atoms with Gasteiger partial charge in [0.25, 0.3) is 5.91 Å². The maximum Gasteiger partial charge on any atom is 0.251 e. The molecule has 1 atom stereocenters. The summed E-state index contributed by atoms with van der Waals surface area (Å²) in [6.07, 6.45) is 3.21. The van der Waals surface area contributed by atoms with E-state index in [0.717, 1.165) is 5.69 Å². The highest BCUT2D eigenvalue weighted by Crippen LogP contribution is 2.18. The highest BCUT2D eigenvalue weighted by Gasteiger charge is 2.17. The van der Waals surface area contributed by atoms with Gasteiger partial charge in [-0.2, -0.15) is 5.10 Å². The third kappa shape index (κ3) is 4.03. The Morgan fingerprint density at radius 3 is 2.84 bits per heavy atom. The van der Waals surface area contributed by atoms with E-state index in [1.807, 2.05) is 13.0 Å². The molecule has 0 saturated heterocycles. The molecule has 3 aromatic rings. The maximum absolute atomic E-state index is 13.1. The fourth-order valence-electron chi connectivity index (χ4n) is 2.24. The molecule has 0 saturated carbocycles. The zero-order valence-corrected chi connectivity index (χ0v) is 14.4. The molecular formula is C16H16ClFN6O. The molecule has 1 unspecified atom stereocenters. The summed E-state index contributed by atoms with van der Waals surface area (Å²) in [4.78, 5) is 16.3. The third-order valence-electron chi connectivity index (χ3n) is 3.64. The van der Waals surface area contributed by atoms with Crippen molar-refractivity contribution < 1.29 is 9.18 Å². The van der Waals surface area contributed by atoms with Crippen LogP contribution in [0.25, 0.3) is 0 Å². The Morgan fingerprint density at radius 1 is 1.36 bits per heavy atom. The first kappa shape index (κ1) is 17.1. The number of hydrogen-bond donors (Lipinski definition) is 1. The second-order valence-electron chi connectivity index (χ2n) is 5.60. The molecule has 1 aromatic carbocycles. The van der Waals surface area contributed by atoms with Crippen LogP contribution in [0.5, 0.6) is 0 Å². The van der Waals surface area contributed by atoms with Gasteiger partial charge >= 0.3 is 0 Å². The van der Waals surface area contributed by atoms with Crippen LogP contribution in [-0.4, -0.2) is 30.5 Å². The van der Waals surface area contributed by atoms with E-state index < -0.39 is 11.9 Å². The predicted molar refractivity (Wildman–Crippen MR) is 90.8 cm³/mol. The molecule has 130 valence electrons. The van der Waals surface area contributed by atoms with Crippen molar-refractivity contribution in [3.05, 3.63) is 58.9 Å². The lowest BCUT2D eigenvalue weighted by Gasteiger charge is -2.10. The van der Waals surface area contributed by atoms with E-state index >= 15 is 0 Å². The summed E-state index contributed by atoms with van der Waals surface area (Å²) in [5, 5.41) is 11.4. The van der Waals surface area contributed by atoms with Crippen LogP contribution in [0.4, 0.5) is 10.3 Å². The Balaban J connectivity index is 1.66. The molecule has 0 fully saturated rings. The lowest BCUT2D eigenvalue weighted by molar-refractivity contribution is -0.119. The van der Waals surface area contributed by atoms with Gasteiger partial charge in [0.2, 0.25) is 5.95 Å². The van der Waals surface area contributed by atoms with E-state index in [1.54, 1.807) is 23.9 Å². The summed E-state index contributed by atoms with van der Waals surface area (Å²) in [5.41, 5.74) is 1.53. The Bertz CT molecular complexity index is 906. The normalized spacial score (nSPS) is 12.2. The maximum atomic E-state index is 13.1. The van der Waals surface area contributed by atoms with Gasteiger partial charge in [0, 0.05) is 11.2 Å². The Hall–Kier alpha value is -2.74. The summed E-state index contributed by atoms with van der Waals surface area (Å²) in [5.74, 6) is -0.497. The minimum atomic E-state index is -0.493. The monoisotopic (exact) mass is 362 g/mol. The van der Waals surface area contributed by atoms with Gasteiger partial charge in [0.1, 0.15) is 18.2 Å². The molecule has 2 aromatic heterocycles. The fourth-order valence-corrected chi connectivity index (χ4v) is 2.46. The third-order valence-corrected chi connectivity index (χ3v) is 3.99. The van der Waals surface area contributed by atoms with E-state index in [0.29, 0.717) is 17.1 Å². The Kier molecular flexibility index (Phi) is 4.80. The standard InChI is InChI=1S/C16H16ClFN6O/c1-10-5-6-24(21-10)11(2)15(25)20-16-19-9-23(22-16)8-12-3-4-13(18)7-14(12)17/h3-7,9,11H,8H2,1-2H3,(H,20,22,25). The molecule has 7 nitrogen and oxygen atoms in total. The number of carbonyl (C=O) groups is 1. The van der Waals surface area contributed by atoms with Gasteiger partial charge in [-0.15, -0.1) is 5.10 Å². The molecule has 0 spiro atoms. The summed E-state index contributed by atoms with van der Waals surface area (Å²) >= 11 is 6.00. The summed E-state index contributed by atoms with van der Waals surface area (Å²) in [7, 11) is 0. The van der Waals surface area contributed by atoms with Crippen molar-refractivity contribution in [1.29, 1.82) is 0 Å². The number of aryl methyl sites for hydroxylation is 1. The van der Waals surface area contributed by atoms with Crippen LogP contribution in [-0.2, 0) is 11.3 Å². The lowest BCUT2D eigenvalue weighted by Crippen LogP contribution is -2.24. The first-order valence-corrected chi connectivity index (χ1v) is 7.96. The van der Waals surface area contributed by atoms with Crippen LogP contribution in [0, 0.1) is 12.7 Å². The number of aromatic nitrogens is 5. The van der Waals surface area contributed by atoms with Crippen molar-refractivity contribution in [3.63, 3.8) is 0 Å². The predicted octanol–water partition coefficient (Wildman–Crippen LogP) is 2.82. The first-order chi connectivity index (χ1) is 11.9. The molecule has 25 heavy (non-hydrogen) atoms. The van der Waals surface area contributed by atoms with Crippen LogP contribution < -0.4 is 5.32 Å².